The normalized spacial score (nSPS) is 34.5. The maximum absolute atomic E-state index is 7.73. The molecule has 0 aromatic carbocycles. The molecule has 6 atom stereocenters. The van der Waals surface area contributed by atoms with Crippen LogP contribution >= 0.6 is 17.0 Å². The minimum absolute atomic E-state index is 0.931. The Hall–Kier alpha value is 0.813. The van der Waals surface area contributed by atoms with E-state index in [1.807, 2.05) is 0 Å². The molecule has 0 aromatic rings. The Kier molecular flexibility index (Phi) is 12.6. The van der Waals surface area contributed by atoms with Crippen LogP contribution in [0.5, 0.6) is 0 Å². The molecule has 0 aromatic heterocycles. The SMILES string of the molecule is [CH2]=[Zr]([CH3])([CH3])([Cl])([Cl])([CH]=C(C)CCCC1CCCCCCCC2CCCC12)[CH]=C(C)CCCC1CCCCCCCC2CCCC12. The van der Waals surface area contributed by atoms with Crippen LogP contribution in [0.2, 0.25) is 9.26 Å². The molecule has 4 rings (SSSR count). The van der Waals surface area contributed by atoms with Gasteiger partial charge in [0.05, 0.1) is 0 Å². The van der Waals surface area contributed by atoms with Crippen LogP contribution in [0.4, 0.5) is 0 Å². The molecule has 44 heavy (non-hydrogen) atoms. The van der Waals surface area contributed by atoms with Crippen molar-refractivity contribution >= 4 is 21.2 Å². The van der Waals surface area contributed by atoms with Crippen LogP contribution in [-0.4, -0.2) is 4.21 Å². The van der Waals surface area contributed by atoms with Crippen molar-refractivity contribution in [2.75, 3.05) is 0 Å². The van der Waals surface area contributed by atoms with Crippen molar-refractivity contribution in [1.82, 2.24) is 0 Å². The molecule has 3 heteroatoms. The summed E-state index contributed by atoms with van der Waals surface area (Å²) >= 11 is -5.40. The molecule has 0 spiro atoms. The van der Waals surface area contributed by atoms with Crippen LogP contribution in [0, 0.1) is 35.5 Å². The second kappa shape index (κ2) is 14.7. The number of fused-ring (bicyclic) bond motifs is 2. The third-order valence-electron chi connectivity index (χ3n) is 12.9. The van der Waals surface area contributed by atoms with E-state index in [1.165, 1.54) is 165 Å². The Morgan fingerprint density at radius 2 is 0.886 bits per heavy atom. The second-order valence-electron chi connectivity index (χ2n) is 19.2. The summed E-state index contributed by atoms with van der Waals surface area (Å²) in [5.41, 5.74) is 2.72. The van der Waals surface area contributed by atoms with E-state index in [-0.39, 0.29) is 0 Å². The van der Waals surface area contributed by atoms with E-state index in [2.05, 4.69) is 30.7 Å². The third-order valence-corrected chi connectivity index (χ3v) is 23.6. The summed E-state index contributed by atoms with van der Waals surface area (Å²) in [5.74, 6) is 5.87. The number of hydrogen-bond acceptors (Lipinski definition) is 0. The van der Waals surface area contributed by atoms with Gasteiger partial charge in [-0.2, -0.15) is 0 Å². The summed E-state index contributed by atoms with van der Waals surface area (Å²) < 4.78 is 13.6. The van der Waals surface area contributed by atoms with Crippen LogP contribution in [0.1, 0.15) is 181 Å². The first-order chi connectivity index (χ1) is 20.6. The predicted molar refractivity (Wildman–Crippen MR) is 199 cm³/mol. The van der Waals surface area contributed by atoms with Gasteiger partial charge in [0.25, 0.3) is 0 Å². The fraction of sp³-hybridized carbons (Fsp3) is 0.878. The molecule has 0 radical (unpaired) electrons. The van der Waals surface area contributed by atoms with E-state index < -0.39 is 12.9 Å². The fourth-order valence-corrected chi connectivity index (χ4v) is 26.5. The van der Waals surface area contributed by atoms with Crippen molar-refractivity contribution in [2.24, 2.45) is 35.5 Å². The number of rotatable bonds is 10. The monoisotopic (exact) mass is 726 g/mol. The summed E-state index contributed by atoms with van der Waals surface area (Å²) in [5, 5.41) is 0. The standard InChI is InChI=1S/2C19H33.2CH3.CH2.2ClH.Zr/c2*1-16(2)10-8-13-17-11-6-4-3-5-7-12-18-14-9-15-19(17)18;;;;;;/h2*1,17-19H,3-15H2,2H3;2*1H3;1H2;2*1H;/q;;;;;;;+2/p-2. The molecule has 0 saturated heterocycles. The fourth-order valence-electron chi connectivity index (χ4n) is 11.4. The average molecular weight is 729 g/mol. The van der Waals surface area contributed by atoms with E-state index in [4.69, 9.17) is 21.2 Å². The van der Waals surface area contributed by atoms with Gasteiger partial charge in [0.1, 0.15) is 0 Å². The molecular weight excluding hydrogens is 655 g/mol. The molecule has 256 valence electrons. The van der Waals surface area contributed by atoms with Gasteiger partial charge in [-0.05, 0) is 0 Å². The van der Waals surface area contributed by atoms with Crippen molar-refractivity contribution in [1.29, 1.82) is 0 Å². The van der Waals surface area contributed by atoms with Crippen LogP contribution in [0.15, 0.2) is 18.7 Å². The van der Waals surface area contributed by atoms with E-state index >= 15 is 0 Å². The van der Waals surface area contributed by atoms with Gasteiger partial charge in [-0.3, -0.25) is 0 Å². The van der Waals surface area contributed by atoms with Crippen molar-refractivity contribution in [3.05, 3.63) is 18.7 Å². The summed E-state index contributed by atoms with van der Waals surface area (Å²) in [7, 11) is 15.5. The quantitative estimate of drug-likeness (QED) is 0.210. The summed E-state index contributed by atoms with van der Waals surface area (Å²) in [6.07, 6.45) is 37.0. The molecule has 0 nitrogen and oxygen atoms in total. The van der Waals surface area contributed by atoms with Gasteiger partial charge in [-0.15, -0.1) is 0 Å². The first-order valence-corrected chi connectivity index (χ1v) is 35.8. The van der Waals surface area contributed by atoms with E-state index in [0.717, 1.165) is 48.3 Å². The molecule has 0 N–H and O–H groups in total. The van der Waals surface area contributed by atoms with E-state index in [9.17, 15) is 0 Å². The van der Waals surface area contributed by atoms with Gasteiger partial charge in [0, 0.05) is 0 Å². The van der Waals surface area contributed by atoms with Crippen molar-refractivity contribution in [3.63, 3.8) is 0 Å². The third kappa shape index (κ3) is 12.7. The minimum atomic E-state index is -5.40. The Labute approximate surface area is 276 Å². The summed E-state index contributed by atoms with van der Waals surface area (Å²) in [6, 6.07) is 0. The molecule has 0 bridgehead atoms. The molecule has 6 unspecified atom stereocenters. The van der Waals surface area contributed by atoms with Crippen LogP contribution in [0.25, 0.3) is 0 Å². The molecule has 0 aliphatic heterocycles. The van der Waals surface area contributed by atoms with Crippen LogP contribution < -0.4 is 0 Å². The van der Waals surface area contributed by atoms with E-state index in [1.54, 1.807) is 0 Å². The first kappa shape index (κ1) is 37.6. The van der Waals surface area contributed by atoms with Gasteiger partial charge in [0.15, 0.2) is 0 Å². The maximum atomic E-state index is 7.73. The predicted octanol–water partition coefficient (Wildman–Crippen LogP) is 15.3. The number of hydrogen-bond donors (Lipinski definition) is 0. The van der Waals surface area contributed by atoms with Gasteiger partial charge in [-0.25, -0.2) is 0 Å². The molecule has 0 heterocycles. The van der Waals surface area contributed by atoms with Crippen molar-refractivity contribution in [2.45, 2.75) is 190 Å². The summed E-state index contributed by atoms with van der Waals surface area (Å²) in [6.45, 7) is 4.56. The molecule has 4 fully saturated rings. The average Bonchev–Trinajstić information content (AvgIpc) is 3.58. The van der Waals surface area contributed by atoms with Gasteiger partial charge >= 0.3 is 278 Å². The van der Waals surface area contributed by atoms with Crippen LogP contribution in [-0.2, 0) is 12.9 Å². The zero-order valence-corrected chi connectivity index (χ0v) is 33.9. The van der Waals surface area contributed by atoms with Crippen molar-refractivity contribution in [3.8, 4) is 0 Å². The Morgan fingerprint density at radius 3 is 1.30 bits per heavy atom. The topological polar surface area (TPSA) is 0 Å². The number of halogens is 2. The first-order valence-electron chi connectivity index (χ1n) is 20.0. The Morgan fingerprint density at radius 1 is 0.545 bits per heavy atom. The van der Waals surface area contributed by atoms with E-state index in [0.29, 0.717) is 0 Å². The Balaban J connectivity index is 1.34. The Bertz CT molecular complexity index is 1010. The van der Waals surface area contributed by atoms with Gasteiger partial charge in [0.2, 0.25) is 0 Å². The molecule has 4 aliphatic carbocycles. The van der Waals surface area contributed by atoms with Gasteiger partial charge < -0.3 is 0 Å². The molecular formula is C41H74Cl2Zr. The van der Waals surface area contributed by atoms with Crippen molar-refractivity contribution < 1.29 is 12.9 Å². The van der Waals surface area contributed by atoms with Gasteiger partial charge in [-0.1, -0.05) is 0 Å². The summed E-state index contributed by atoms with van der Waals surface area (Å²) in [4.78, 5) is 0. The zero-order valence-electron chi connectivity index (χ0n) is 30.0. The zero-order chi connectivity index (χ0) is 31.8. The molecule has 4 saturated carbocycles. The second-order valence-corrected chi connectivity index (χ2v) is 63.2. The molecule has 4 aliphatic rings. The van der Waals surface area contributed by atoms with Crippen LogP contribution in [0.3, 0.4) is 0 Å². The number of allylic oxidation sites excluding steroid dienone is 2. The molecule has 0 amide bonds.